The molecule has 0 unspecified atom stereocenters. The van der Waals surface area contributed by atoms with Gasteiger partial charge in [-0.25, -0.2) is 0 Å². The summed E-state index contributed by atoms with van der Waals surface area (Å²) in [4.78, 5) is 11.6. The molecule has 16 heavy (non-hydrogen) atoms. The Labute approximate surface area is 95.3 Å². The van der Waals surface area contributed by atoms with E-state index >= 15 is 0 Å². The first-order valence-electron chi connectivity index (χ1n) is 5.27. The second-order valence-corrected chi connectivity index (χ2v) is 3.30. The van der Waals surface area contributed by atoms with Crippen molar-refractivity contribution in [1.82, 2.24) is 10.6 Å². The fourth-order valence-electron chi connectivity index (χ4n) is 1.27. The summed E-state index contributed by atoms with van der Waals surface area (Å²) < 4.78 is 0. The summed E-state index contributed by atoms with van der Waals surface area (Å²) in [6.07, 6.45) is 0. The van der Waals surface area contributed by atoms with Gasteiger partial charge in [-0.05, 0) is 24.7 Å². The Balaban J connectivity index is 2.50. The normalized spacial score (nSPS) is 9.50. The number of nitrogens with zero attached hydrogens (tertiary/aromatic N) is 1. The Morgan fingerprint density at radius 3 is 2.94 bits per heavy atom. The molecule has 0 aliphatic rings. The van der Waals surface area contributed by atoms with Crippen LogP contribution in [0.4, 0.5) is 0 Å². The number of nitriles is 1. The van der Waals surface area contributed by atoms with Gasteiger partial charge in [0.25, 0.3) is 5.91 Å². The highest BCUT2D eigenvalue weighted by molar-refractivity contribution is 5.94. The molecule has 0 atom stereocenters. The maximum Gasteiger partial charge on any atom is 0.251 e. The van der Waals surface area contributed by atoms with Gasteiger partial charge >= 0.3 is 0 Å². The van der Waals surface area contributed by atoms with Crippen LogP contribution in [0.2, 0.25) is 0 Å². The summed E-state index contributed by atoms with van der Waals surface area (Å²) in [6, 6.07) is 8.67. The van der Waals surface area contributed by atoms with Crippen molar-refractivity contribution in [2.24, 2.45) is 0 Å². The molecule has 1 aromatic rings. The largest absolute Gasteiger partial charge is 0.351 e. The van der Waals surface area contributed by atoms with Crippen molar-refractivity contribution in [2.45, 2.75) is 6.92 Å². The van der Waals surface area contributed by atoms with Gasteiger partial charge in [0.2, 0.25) is 0 Å². The molecule has 4 heteroatoms. The fourth-order valence-corrected chi connectivity index (χ4v) is 1.27. The minimum absolute atomic E-state index is 0.144. The molecule has 84 valence electrons. The van der Waals surface area contributed by atoms with Gasteiger partial charge in [0.15, 0.2) is 0 Å². The number of likely N-dealkylation sites (N-methyl/N-ethyl adjacent to an activating group) is 1. The highest BCUT2D eigenvalue weighted by Crippen LogP contribution is 2.03. The first-order chi connectivity index (χ1) is 7.77. The number of nitrogens with one attached hydrogen (secondary N) is 2. The van der Waals surface area contributed by atoms with Crippen LogP contribution >= 0.6 is 0 Å². The van der Waals surface area contributed by atoms with E-state index in [0.29, 0.717) is 17.7 Å². The van der Waals surface area contributed by atoms with Crippen LogP contribution in [0.25, 0.3) is 0 Å². The molecular formula is C12H15N3O. The number of hydrogen-bond donors (Lipinski definition) is 2. The van der Waals surface area contributed by atoms with Crippen LogP contribution in [0, 0.1) is 11.3 Å². The summed E-state index contributed by atoms with van der Waals surface area (Å²) in [5.41, 5.74) is 1.02. The van der Waals surface area contributed by atoms with Crippen molar-refractivity contribution in [3.05, 3.63) is 35.4 Å². The Bertz CT molecular complexity index is 395. The van der Waals surface area contributed by atoms with Gasteiger partial charge < -0.3 is 10.6 Å². The lowest BCUT2D eigenvalue weighted by atomic mass is 10.1. The van der Waals surface area contributed by atoms with Gasteiger partial charge in [-0.2, -0.15) is 5.26 Å². The molecular weight excluding hydrogens is 202 g/mol. The second kappa shape index (κ2) is 6.59. The minimum atomic E-state index is -0.144. The molecule has 0 radical (unpaired) electrons. The van der Waals surface area contributed by atoms with E-state index in [-0.39, 0.29) is 5.91 Å². The molecule has 0 bridgehead atoms. The van der Waals surface area contributed by atoms with E-state index in [1.165, 1.54) is 0 Å². The standard InChI is InChI=1S/C12H15N3O/c1-2-14-6-7-15-12(16)11-5-3-4-10(8-11)9-13/h3-5,8,14H,2,6-7H2,1H3,(H,15,16). The van der Waals surface area contributed by atoms with Crippen molar-refractivity contribution in [1.29, 1.82) is 5.26 Å². The Morgan fingerprint density at radius 2 is 2.25 bits per heavy atom. The molecule has 0 heterocycles. The number of rotatable bonds is 5. The zero-order valence-corrected chi connectivity index (χ0v) is 9.29. The molecule has 0 fully saturated rings. The van der Waals surface area contributed by atoms with E-state index in [1.807, 2.05) is 13.0 Å². The van der Waals surface area contributed by atoms with Crippen molar-refractivity contribution in [3.8, 4) is 6.07 Å². The van der Waals surface area contributed by atoms with Gasteiger partial charge in [0, 0.05) is 18.7 Å². The van der Waals surface area contributed by atoms with Gasteiger partial charge in [-0.15, -0.1) is 0 Å². The molecule has 1 aromatic carbocycles. The highest BCUT2D eigenvalue weighted by atomic mass is 16.1. The second-order valence-electron chi connectivity index (χ2n) is 3.30. The predicted octanol–water partition coefficient (Wildman–Crippen LogP) is 0.898. The van der Waals surface area contributed by atoms with Crippen LogP contribution in [0.15, 0.2) is 24.3 Å². The third-order valence-electron chi connectivity index (χ3n) is 2.09. The van der Waals surface area contributed by atoms with E-state index in [1.54, 1.807) is 24.3 Å². The lowest BCUT2D eigenvalue weighted by Gasteiger charge is -2.05. The fraction of sp³-hybridized carbons (Fsp3) is 0.333. The Kier molecular flexibility index (Phi) is 5.03. The van der Waals surface area contributed by atoms with E-state index in [0.717, 1.165) is 13.1 Å². The zero-order chi connectivity index (χ0) is 11.8. The smallest absolute Gasteiger partial charge is 0.251 e. The minimum Gasteiger partial charge on any atom is -0.351 e. The molecule has 1 amide bonds. The van der Waals surface area contributed by atoms with E-state index in [4.69, 9.17) is 5.26 Å². The highest BCUT2D eigenvalue weighted by Gasteiger charge is 2.04. The first-order valence-corrected chi connectivity index (χ1v) is 5.27. The van der Waals surface area contributed by atoms with Gasteiger partial charge in [0.05, 0.1) is 11.6 Å². The monoisotopic (exact) mass is 217 g/mol. The SMILES string of the molecule is CCNCCNC(=O)c1cccc(C#N)c1. The predicted molar refractivity (Wildman–Crippen MR) is 62.0 cm³/mol. The molecule has 0 aliphatic carbocycles. The lowest BCUT2D eigenvalue weighted by Crippen LogP contribution is -2.31. The quantitative estimate of drug-likeness (QED) is 0.720. The molecule has 0 spiro atoms. The van der Waals surface area contributed by atoms with Gasteiger partial charge in [0.1, 0.15) is 0 Å². The molecule has 4 nitrogen and oxygen atoms in total. The third kappa shape index (κ3) is 3.71. The third-order valence-corrected chi connectivity index (χ3v) is 2.09. The van der Waals surface area contributed by atoms with Crippen LogP contribution in [-0.4, -0.2) is 25.5 Å². The summed E-state index contributed by atoms with van der Waals surface area (Å²) in [5.74, 6) is -0.144. The molecule has 0 saturated heterocycles. The summed E-state index contributed by atoms with van der Waals surface area (Å²) >= 11 is 0. The average molecular weight is 217 g/mol. The number of carbonyl (C=O) groups is 1. The van der Waals surface area contributed by atoms with Crippen LogP contribution in [-0.2, 0) is 0 Å². The maximum atomic E-state index is 11.6. The Morgan fingerprint density at radius 1 is 1.44 bits per heavy atom. The van der Waals surface area contributed by atoms with Crippen LogP contribution in [0.1, 0.15) is 22.8 Å². The van der Waals surface area contributed by atoms with Crippen molar-refractivity contribution in [3.63, 3.8) is 0 Å². The molecule has 2 N–H and O–H groups in total. The van der Waals surface area contributed by atoms with Crippen LogP contribution < -0.4 is 10.6 Å². The Hall–Kier alpha value is -1.86. The van der Waals surface area contributed by atoms with Crippen LogP contribution in [0.3, 0.4) is 0 Å². The maximum absolute atomic E-state index is 11.6. The van der Waals surface area contributed by atoms with Gasteiger partial charge in [-0.3, -0.25) is 4.79 Å². The first kappa shape index (κ1) is 12.2. The molecule has 0 saturated carbocycles. The molecule has 0 aromatic heterocycles. The van der Waals surface area contributed by atoms with E-state index in [9.17, 15) is 4.79 Å². The van der Waals surface area contributed by atoms with Crippen molar-refractivity contribution >= 4 is 5.91 Å². The van der Waals surface area contributed by atoms with Crippen LogP contribution in [0.5, 0.6) is 0 Å². The summed E-state index contributed by atoms with van der Waals surface area (Å²) in [6.45, 7) is 4.24. The van der Waals surface area contributed by atoms with E-state index < -0.39 is 0 Å². The summed E-state index contributed by atoms with van der Waals surface area (Å²) in [5, 5.41) is 14.6. The average Bonchev–Trinajstić information content (AvgIpc) is 2.34. The van der Waals surface area contributed by atoms with Crippen molar-refractivity contribution in [2.75, 3.05) is 19.6 Å². The van der Waals surface area contributed by atoms with Gasteiger partial charge in [-0.1, -0.05) is 13.0 Å². The number of hydrogen-bond acceptors (Lipinski definition) is 3. The molecule has 0 aliphatic heterocycles. The number of benzene rings is 1. The van der Waals surface area contributed by atoms with E-state index in [2.05, 4.69) is 10.6 Å². The lowest BCUT2D eigenvalue weighted by molar-refractivity contribution is 0.0954. The zero-order valence-electron chi connectivity index (χ0n) is 9.29. The van der Waals surface area contributed by atoms with Crippen molar-refractivity contribution < 1.29 is 4.79 Å². The summed E-state index contributed by atoms with van der Waals surface area (Å²) in [7, 11) is 0. The topological polar surface area (TPSA) is 64.9 Å². The number of amides is 1. The molecule has 1 rings (SSSR count). The number of carbonyl (C=O) groups excluding carboxylic acids is 1.